The minimum absolute atomic E-state index is 0.0541. The molecule has 16 heavy (non-hydrogen) atoms. The second-order valence-electron chi connectivity index (χ2n) is 3.77. The number of rotatable bonds is 2. The van der Waals surface area contributed by atoms with Crippen LogP contribution in [0.4, 0.5) is 13.2 Å². The number of thioether (sulfide) groups is 1. The van der Waals surface area contributed by atoms with Crippen LogP contribution in [0, 0.1) is 0 Å². The molecule has 1 fully saturated rings. The van der Waals surface area contributed by atoms with Crippen LogP contribution in [-0.4, -0.2) is 12.1 Å². The summed E-state index contributed by atoms with van der Waals surface area (Å²) in [6.07, 6.45) is 2.08. The molecule has 1 atom stereocenters. The van der Waals surface area contributed by atoms with E-state index in [-0.39, 0.29) is 22.7 Å². The highest BCUT2D eigenvalue weighted by Crippen LogP contribution is 2.38. The van der Waals surface area contributed by atoms with Gasteiger partial charge in [0.1, 0.15) is 0 Å². The van der Waals surface area contributed by atoms with Crippen molar-refractivity contribution in [2.45, 2.75) is 29.3 Å². The van der Waals surface area contributed by atoms with Gasteiger partial charge in [-0.1, -0.05) is 12.1 Å². The minimum Gasteiger partial charge on any atom is -0.310 e. The molecule has 1 aromatic rings. The Hall–Kier alpha value is -0.680. The largest absolute Gasteiger partial charge is 0.446 e. The van der Waals surface area contributed by atoms with Crippen LogP contribution in [0.2, 0.25) is 0 Å². The SMILES string of the molecule is FC(F)(F)Sc1cccc(C2CCCN2)c1. The molecule has 2 rings (SSSR count). The van der Waals surface area contributed by atoms with E-state index in [1.165, 1.54) is 6.07 Å². The average Bonchev–Trinajstić information content (AvgIpc) is 2.68. The molecule has 0 radical (unpaired) electrons. The number of nitrogens with one attached hydrogen (secondary N) is 1. The van der Waals surface area contributed by atoms with E-state index in [1.54, 1.807) is 12.1 Å². The molecule has 0 aromatic heterocycles. The first kappa shape index (κ1) is 11.8. The number of hydrogen-bond donors (Lipinski definition) is 1. The lowest BCUT2D eigenvalue weighted by Gasteiger charge is -2.12. The zero-order valence-electron chi connectivity index (χ0n) is 8.55. The van der Waals surface area contributed by atoms with Gasteiger partial charge in [0, 0.05) is 10.9 Å². The summed E-state index contributed by atoms with van der Waals surface area (Å²) >= 11 is -0.0541. The molecule has 0 bridgehead atoms. The van der Waals surface area contributed by atoms with E-state index >= 15 is 0 Å². The predicted octanol–water partition coefficient (Wildman–Crippen LogP) is 3.72. The minimum atomic E-state index is -4.21. The fourth-order valence-electron chi connectivity index (χ4n) is 1.90. The molecular formula is C11H12F3NS. The van der Waals surface area contributed by atoms with Gasteiger partial charge in [0.2, 0.25) is 0 Å². The van der Waals surface area contributed by atoms with Gasteiger partial charge < -0.3 is 5.32 Å². The van der Waals surface area contributed by atoms with Gasteiger partial charge in [0.05, 0.1) is 0 Å². The van der Waals surface area contributed by atoms with E-state index in [1.807, 2.05) is 6.07 Å². The van der Waals surface area contributed by atoms with Gasteiger partial charge in [0.15, 0.2) is 0 Å². The van der Waals surface area contributed by atoms with Crippen LogP contribution in [0.3, 0.4) is 0 Å². The summed E-state index contributed by atoms with van der Waals surface area (Å²) in [5.74, 6) is 0. The van der Waals surface area contributed by atoms with Gasteiger partial charge in [-0.05, 0) is 48.8 Å². The van der Waals surface area contributed by atoms with E-state index < -0.39 is 5.51 Å². The van der Waals surface area contributed by atoms with Crippen LogP contribution in [-0.2, 0) is 0 Å². The van der Waals surface area contributed by atoms with Crippen molar-refractivity contribution in [3.8, 4) is 0 Å². The van der Waals surface area contributed by atoms with Crippen LogP contribution in [0.5, 0.6) is 0 Å². The number of benzene rings is 1. The van der Waals surface area contributed by atoms with Crippen molar-refractivity contribution in [2.75, 3.05) is 6.54 Å². The molecule has 1 nitrogen and oxygen atoms in total. The van der Waals surface area contributed by atoms with E-state index in [0.717, 1.165) is 24.9 Å². The molecule has 0 aliphatic carbocycles. The molecule has 1 heterocycles. The van der Waals surface area contributed by atoms with Crippen molar-refractivity contribution in [3.63, 3.8) is 0 Å². The zero-order chi connectivity index (χ0) is 11.6. The molecule has 0 spiro atoms. The van der Waals surface area contributed by atoms with Crippen LogP contribution < -0.4 is 5.32 Å². The quantitative estimate of drug-likeness (QED) is 0.799. The maximum absolute atomic E-state index is 12.2. The van der Waals surface area contributed by atoms with Crippen LogP contribution in [0.25, 0.3) is 0 Å². The summed E-state index contributed by atoms with van der Waals surface area (Å²) in [5.41, 5.74) is -3.26. The molecule has 0 amide bonds. The predicted molar refractivity (Wildman–Crippen MR) is 58.3 cm³/mol. The van der Waals surface area contributed by atoms with Crippen molar-refractivity contribution >= 4 is 11.8 Å². The van der Waals surface area contributed by atoms with E-state index in [9.17, 15) is 13.2 Å². The smallest absolute Gasteiger partial charge is 0.310 e. The van der Waals surface area contributed by atoms with Gasteiger partial charge in [0.25, 0.3) is 0 Å². The highest BCUT2D eigenvalue weighted by atomic mass is 32.2. The van der Waals surface area contributed by atoms with Crippen molar-refractivity contribution in [1.82, 2.24) is 5.32 Å². The Morgan fingerprint density at radius 1 is 1.31 bits per heavy atom. The molecule has 1 aliphatic rings. The molecule has 1 unspecified atom stereocenters. The molecular weight excluding hydrogens is 235 g/mol. The summed E-state index contributed by atoms with van der Waals surface area (Å²) in [5, 5.41) is 3.27. The molecule has 5 heteroatoms. The number of alkyl halides is 3. The maximum Gasteiger partial charge on any atom is 0.446 e. The Labute approximate surface area is 96.4 Å². The fourth-order valence-corrected chi connectivity index (χ4v) is 2.51. The molecule has 1 N–H and O–H groups in total. The van der Waals surface area contributed by atoms with Crippen molar-refractivity contribution in [2.24, 2.45) is 0 Å². The second kappa shape index (κ2) is 4.67. The lowest BCUT2D eigenvalue weighted by Crippen LogP contribution is -2.12. The second-order valence-corrected chi connectivity index (χ2v) is 4.91. The van der Waals surface area contributed by atoms with Gasteiger partial charge >= 0.3 is 5.51 Å². The third kappa shape index (κ3) is 3.15. The standard InChI is InChI=1S/C11H12F3NS/c12-11(13,14)16-9-4-1-3-8(7-9)10-5-2-6-15-10/h1,3-4,7,10,15H,2,5-6H2. The van der Waals surface area contributed by atoms with Crippen LogP contribution >= 0.6 is 11.8 Å². The number of hydrogen-bond acceptors (Lipinski definition) is 2. The summed E-state index contributed by atoms with van der Waals surface area (Å²) in [7, 11) is 0. The highest BCUT2D eigenvalue weighted by molar-refractivity contribution is 8.00. The Bertz CT molecular complexity index is 358. The third-order valence-corrected chi connectivity index (χ3v) is 3.28. The fraction of sp³-hybridized carbons (Fsp3) is 0.455. The third-order valence-electron chi connectivity index (χ3n) is 2.55. The Morgan fingerprint density at radius 2 is 2.12 bits per heavy atom. The van der Waals surface area contributed by atoms with E-state index in [0.29, 0.717) is 0 Å². The molecule has 1 saturated heterocycles. The van der Waals surface area contributed by atoms with Gasteiger partial charge in [-0.15, -0.1) is 0 Å². The monoisotopic (exact) mass is 247 g/mol. The maximum atomic E-state index is 12.2. The molecule has 88 valence electrons. The highest BCUT2D eigenvalue weighted by Gasteiger charge is 2.29. The molecule has 1 aromatic carbocycles. The Morgan fingerprint density at radius 3 is 2.75 bits per heavy atom. The molecule has 0 saturated carbocycles. The van der Waals surface area contributed by atoms with Crippen LogP contribution in [0.1, 0.15) is 24.4 Å². The Kier molecular flexibility index (Phi) is 3.44. The van der Waals surface area contributed by atoms with Gasteiger partial charge in [-0.3, -0.25) is 0 Å². The summed E-state index contributed by atoms with van der Waals surface area (Å²) in [6.45, 7) is 0.946. The van der Waals surface area contributed by atoms with Crippen molar-refractivity contribution in [3.05, 3.63) is 29.8 Å². The average molecular weight is 247 g/mol. The van der Waals surface area contributed by atoms with Gasteiger partial charge in [-0.25, -0.2) is 0 Å². The normalized spacial score (nSPS) is 21.3. The van der Waals surface area contributed by atoms with Crippen LogP contribution in [0.15, 0.2) is 29.2 Å². The lowest BCUT2D eigenvalue weighted by atomic mass is 10.1. The van der Waals surface area contributed by atoms with Crippen molar-refractivity contribution < 1.29 is 13.2 Å². The van der Waals surface area contributed by atoms with Gasteiger partial charge in [-0.2, -0.15) is 13.2 Å². The first-order valence-corrected chi connectivity index (χ1v) is 5.95. The first-order valence-electron chi connectivity index (χ1n) is 5.14. The zero-order valence-corrected chi connectivity index (χ0v) is 9.37. The van der Waals surface area contributed by atoms with Crippen molar-refractivity contribution in [1.29, 1.82) is 0 Å². The number of halogens is 3. The first-order chi connectivity index (χ1) is 7.54. The topological polar surface area (TPSA) is 12.0 Å². The summed E-state index contributed by atoms with van der Waals surface area (Å²) < 4.78 is 36.6. The molecule has 1 aliphatic heterocycles. The summed E-state index contributed by atoms with van der Waals surface area (Å²) in [4.78, 5) is 0.263. The lowest BCUT2D eigenvalue weighted by molar-refractivity contribution is -0.0328. The van der Waals surface area contributed by atoms with E-state index in [2.05, 4.69) is 5.32 Å². The van der Waals surface area contributed by atoms with E-state index in [4.69, 9.17) is 0 Å². The Balaban J connectivity index is 2.12. The summed E-state index contributed by atoms with van der Waals surface area (Å²) in [6, 6.07) is 6.90.